The molecular weight excluding hydrogens is 458 g/mol. The molecule has 0 unspecified atom stereocenters. The topological polar surface area (TPSA) is 69.7 Å². The van der Waals surface area contributed by atoms with Crippen LogP contribution in [-0.2, 0) is 23.0 Å². The second kappa shape index (κ2) is 9.84. The fourth-order valence-corrected chi connectivity index (χ4v) is 6.05. The number of carbonyl (C=O) groups excluding carboxylic acids is 1. The van der Waals surface area contributed by atoms with Crippen molar-refractivity contribution < 1.29 is 13.2 Å². The van der Waals surface area contributed by atoms with Gasteiger partial charge in [0.2, 0.25) is 10.0 Å². The Morgan fingerprint density at radius 3 is 2.43 bits per heavy atom. The van der Waals surface area contributed by atoms with Gasteiger partial charge in [0.25, 0.3) is 5.91 Å². The van der Waals surface area contributed by atoms with Crippen LogP contribution in [0.1, 0.15) is 40.7 Å². The maximum atomic E-state index is 13.2. The lowest BCUT2D eigenvalue weighted by Crippen LogP contribution is -2.29. The summed E-state index contributed by atoms with van der Waals surface area (Å²) in [6.45, 7) is 3.41. The Hall–Kier alpha value is -3.16. The van der Waals surface area contributed by atoms with Crippen molar-refractivity contribution in [1.29, 1.82) is 0 Å². The Morgan fingerprint density at radius 1 is 0.914 bits per heavy atom. The Kier molecular flexibility index (Phi) is 6.62. The zero-order chi connectivity index (χ0) is 24.4. The van der Waals surface area contributed by atoms with E-state index in [0.717, 1.165) is 41.9 Å². The summed E-state index contributed by atoms with van der Waals surface area (Å²) in [6, 6.07) is 21.7. The van der Waals surface area contributed by atoms with Crippen molar-refractivity contribution in [3.63, 3.8) is 0 Å². The largest absolute Gasteiger partial charge is 0.322 e. The van der Waals surface area contributed by atoms with Crippen LogP contribution in [0, 0.1) is 0 Å². The molecule has 182 valence electrons. The highest BCUT2D eigenvalue weighted by atomic mass is 32.2. The predicted molar refractivity (Wildman–Crippen MR) is 141 cm³/mol. The van der Waals surface area contributed by atoms with E-state index in [0.29, 0.717) is 29.9 Å². The minimum atomic E-state index is -3.35. The molecule has 3 aromatic rings. The molecule has 2 aliphatic rings. The minimum Gasteiger partial charge on any atom is -0.322 e. The van der Waals surface area contributed by atoms with Crippen LogP contribution in [0.2, 0.25) is 0 Å². The summed E-state index contributed by atoms with van der Waals surface area (Å²) in [7, 11) is -3.35. The average molecular weight is 490 g/mol. The number of hydrogen-bond donors (Lipinski definition) is 1. The first-order valence-corrected chi connectivity index (χ1v) is 14.1. The van der Waals surface area contributed by atoms with Gasteiger partial charge >= 0.3 is 0 Å². The Labute approximate surface area is 207 Å². The molecule has 1 fully saturated rings. The van der Waals surface area contributed by atoms with Gasteiger partial charge in [-0.15, -0.1) is 0 Å². The Morgan fingerprint density at radius 2 is 1.69 bits per heavy atom. The lowest BCUT2D eigenvalue weighted by molar-refractivity contribution is 0.102. The number of amides is 1. The van der Waals surface area contributed by atoms with Gasteiger partial charge in [-0.1, -0.05) is 48.9 Å². The van der Waals surface area contributed by atoms with Gasteiger partial charge in [-0.2, -0.15) is 0 Å². The fourth-order valence-electron chi connectivity index (χ4n) is 5.10. The van der Waals surface area contributed by atoms with Crippen molar-refractivity contribution in [3.8, 4) is 11.1 Å². The van der Waals surface area contributed by atoms with Gasteiger partial charge in [0.05, 0.1) is 11.9 Å². The summed E-state index contributed by atoms with van der Waals surface area (Å²) in [5.41, 5.74) is 6.24. The molecule has 2 heterocycles. The molecule has 35 heavy (non-hydrogen) atoms. The lowest BCUT2D eigenvalue weighted by Gasteiger charge is -2.27. The second-order valence-corrected chi connectivity index (χ2v) is 11.4. The van der Waals surface area contributed by atoms with Crippen molar-refractivity contribution in [3.05, 3.63) is 83.4 Å². The van der Waals surface area contributed by atoms with Gasteiger partial charge < -0.3 is 5.32 Å². The summed E-state index contributed by atoms with van der Waals surface area (Å²) in [6.07, 6.45) is 5.60. The third-order valence-corrected chi connectivity index (χ3v) is 8.07. The van der Waals surface area contributed by atoms with Gasteiger partial charge in [-0.05, 0) is 78.9 Å². The maximum absolute atomic E-state index is 13.2. The number of piperidine rings is 1. The van der Waals surface area contributed by atoms with Crippen LogP contribution in [0.15, 0.2) is 66.7 Å². The van der Waals surface area contributed by atoms with E-state index in [2.05, 4.69) is 22.3 Å². The van der Waals surface area contributed by atoms with Crippen LogP contribution < -0.4 is 9.62 Å². The molecular formula is C28H31N3O3S. The molecule has 1 amide bonds. The molecule has 0 aliphatic carbocycles. The molecule has 3 aromatic carbocycles. The van der Waals surface area contributed by atoms with E-state index in [-0.39, 0.29) is 5.91 Å². The number of likely N-dealkylation sites (tertiary alicyclic amines) is 1. The van der Waals surface area contributed by atoms with Gasteiger partial charge in [-0.3, -0.25) is 14.0 Å². The summed E-state index contributed by atoms with van der Waals surface area (Å²) >= 11 is 0. The van der Waals surface area contributed by atoms with Gasteiger partial charge in [0, 0.05) is 24.3 Å². The first-order valence-electron chi connectivity index (χ1n) is 12.2. The summed E-state index contributed by atoms with van der Waals surface area (Å²) in [4.78, 5) is 15.7. The van der Waals surface area contributed by atoms with E-state index in [1.165, 1.54) is 29.8 Å². The SMILES string of the molecule is CS(=O)(=O)N1CCc2ccc(NC(=O)c3ccc(-c4ccccc4)c(CN4CCCCC4)c3)cc21. The molecule has 6 nitrogen and oxygen atoms in total. The van der Waals surface area contributed by atoms with Crippen LogP contribution in [0.4, 0.5) is 11.4 Å². The van der Waals surface area contributed by atoms with E-state index >= 15 is 0 Å². The number of hydrogen-bond acceptors (Lipinski definition) is 4. The Balaban J connectivity index is 1.42. The molecule has 0 atom stereocenters. The molecule has 2 aliphatic heterocycles. The molecule has 7 heteroatoms. The molecule has 0 radical (unpaired) electrons. The van der Waals surface area contributed by atoms with Crippen LogP contribution in [0.25, 0.3) is 11.1 Å². The number of benzene rings is 3. The lowest BCUT2D eigenvalue weighted by atomic mass is 9.96. The number of nitrogens with zero attached hydrogens (tertiary/aromatic N) is 2. The molecule has 0 saturated carbocycles. The number of sulfonamides is 1. The first-order chi connectivity index (χ1) is 16.9. The molecule has 1 N–H and O–H groups in total. The third kappa shape index (κ3) is 5.26. The Bertz CT molecular complexity index is 1330. The monoisotopic (exact) mass is 489 g/mol. The standard InChI is InChI=1S/C28H31N3O3S/c1-35(33,34)31-17-14-22-10-12-25(19-27(22)31)29-28(32)23-11-13-26(21-8-4-2-5-9-21)24(18-23)20-30-15-6-3-7-16-30/h2,4-5,8-13,18-19H,3,6-7,14-17,20H2,1H3,(H,29,32). The quantitative estimate of drug-likeness (QED) is 0.534. The molecule has 1 saturated heterocycles. The van der Waals surface area contributed by atoms with Crippen molar-refractivity contribution in [2.75, 3.05) is 35.5 Å². The van der Waals surface area contributed by atoms with Gasteiger partial charge in [-0.25, -0.2) is 8.42 Å². The maximum Gasteiger partial charge on any atom is 0.255 e. The number of fused-ring (bicyclic) bond motifs is 1. The molecule has 5 rings (SSSR count). The molecule has 0 bridgehead atoms. The third-order valence-electron chi connectivity index (χ3n) is 6.89. The van der Waals surface area contributed by atoms with Crippen molar-refractivity contribution in [2.45, 2.75) is 32.2 Å². The fraction of sp³-hybridized carbons (Fsp3) is 0.321. The van der Waals surface area contributed by atoms with Crippen molar-refractivity contribution >= 4 is 27.3 Å². The zero-order valence-corrected chi connectivity index (χ0v) is 20.9. The number of anilines is 2. The number of rotatable bonds is 6. The van der Waals surface area contributed by atoms with E-state index in [1.54, 1.807) is 6.07 Å². The highest BCUT2D eigenvalue weighted by molar-refractivity contribution is 7.92. The highest BCUT2D eigenvalue weighted by Gasteiger charge is 2.26. The smallest absolute Gasteiger partial charge is 0.255 e. The van der Waals surface area contributed by atoms with Crippen LogP contribution in [0.5, 0.6) is 0 Å². The second-order valence-electron chi connectivity index (χ2n) is 9.46. The van der Waals surface area contributed by atoms with Crippen LogP contribution >= 0.6 is 0 Å². The molecule has 0 spiro atoms. The highest BCUT2D eigenvalue weighted by Crippen LogP contribution is 2.33. The van der Waals surface area contributed by atoms with E-state index in [1.807, 2.05) is 48.5 Å². The van der Waals surface area contributed by atoms with E-state index in [4.69, 9.17) is 0 Å². The number of nitrogens with one attached hydrogen (secondary N) is 1. The van der Waals surface area contributed by atoms with Crippen molar-refractivity contribution in [2.24, 2.45) is 0 Å². The first kappa shape index (κ1) is 23.6. The van der Waals surface area contributed by atoms with Crippen LogP contribution in [-0.4, -0.2) is 45.1 Å². The summed E-state index contributed by atoms with van der Waals surface area (Å²) in [5.74, 6) is -0.201. The summed E-state index contributed by atoms with van der Waals surface area (Å²) < 4.78 is 25.7. The summed E-state index contributed by atoms with van der Waals surface area (Å²) in [5, 5.41) is 2.98. The predicted octanol–water partition coefficient (Wildman–Crippen LogP) is 4.91. The normalized spacial score (nSPS) is 16.2. The van der Waals surface area contributed by atoms with Gasteiger partial charge in [0.15, 0.2) is 0 Å². The minimum absolute atomic E-state index is 0.201. The number of carbonyl (C=O) groups is 1. The van der Waals surface area contributed by atoms with E-state index < -0.39 is 10.0 Å². The van der Waals surface area contributed by atoms with Gasteiger partial charge in [0.1, 0.15) is 0 Å². The van der Waals surface area contributed by atoms with Crippen molar-refractivity contribution in [1.82, 2.24) is 4.90 Å². The molecule has 0 aromatic heterocycles. The van der Waals surface area contributed by atoms with Crippen LogP contribution in [0.3, 0.4) is 0 Å². The average Bonchev–Trinajstić information content (AvgIpc) is 3.29. The zero-order valence-electron chi connectivity index (χ0n) is 20.0. The van der Waals surface area contributed by atoms with E-state index in [9.17, 15) is 13.2 Å².